The second kappa shape index (κ2) is 7.12. The van der Waals surface area contributed by atoms with Crippen LogP contribution < -0.4 is 9.47 Å². The lowest BCUT2D eigenvalue weighted by Gasteiger charge is -2.10. The quantitative estimate of drug-likeness (QED) is 0.647. The summed E-state index contributed by atoms with van der Waals surface area (Å²) >= 11 is 0. The molecule has 0 unspecified atom stereocenters. The van der Waals surface area contributed by atoms with Crippen LogP contribution in [0.4, 0.5) is 9.59 Å². The number of aryl methyl sites for hydroxylation is 2. The molecular weight excluding hydrogens is 288 g/mol. The van der Waals surface area contributed by atoms with Crippen LogP contribution in [0.1, 0.15) is 11.1 Å². The Balaban J connectivity index is 2.14. The summed E-state index contributed by atoms with van der Waals surface area (Å²) in [6, 6.07) is 13.6. The van der Waals surface area contributed by atoms with Gasteiger partial charge < -0.3 is 19.7 Å². The molecule has 0 aliphatic rings. The highest BCUT2D eigenvalue weighted by atomic mass is 16.7. The van der Waals surface area contributed by atoms with E-state index in [1.54, 1.807) is 48.5 Å². The van der Waals surface area contributed by atoms with Crippen LogP contribution in [0.15, 0.2) is 48.5 Å². The summed E-state index contributed by atoms with van der Waals surface area (Å²) < 4.78 is 9.44. The molecule has 6 nitrogen and oxygen atoms in total. The molecule has 2 rings (SSSR count). The van der Waals surface area contributed by atoms with E-state index in [4.69, 9.17) is 19.7 Å². The Bertz CT molecular complexity index is 620. The van der Waals surface area contributed by atoms with Gasteiger partial charge in [-0.15, -0.1) is 0 Å². The number of ether oxygens (including phenoxy) is 2. The molecule has 0 saturated carbocycles. The predicted molar refractivity (Wildman–Crippen MR) is 77.6 cm³/mol. The van der Waals surface area contributed by atoms with E-state index in [9.17, 15) is 9.59 Å². The normalized spacial score (nSPS) is 10.0. The van der Waals surface area contributed by atoms with Gasteiger partial charge in [-0.25, -0.2) is 9.59 Å². The van der Waals surface area contributed by atoms with E-state index in [0.717, 1.165) is 11.1 Å². The average molecular weight is 302 g/mol. The van der Waals surface area contributed by atoms with E-state index in [1.807, 2.05) is 0 Å². The Morgan fingerprint density at radius 1 is 0.727 bits per heavy atom. The van der Waals surface area contributed by atoms with Crippen molar-refractivity contribution in [3.8, 4) is 11.5 Å². The molecule has 0 atom stereocenters. The molecule has 0 saturated heterocycles. The van der Waals surface area contributed by atoms with Crippen molar-refractivity contribution in [2.45, 2.75) is 12.8 Å². The van der Waals surface area contributed by atoms with Crippen LogP contribution in [-0.4, -0.2) is 22.5 Å². The van der Waals surface area contributed by atoms with Gasteiger partial charge in [0.05, 0.1) is 0 Å². The number of hydrogen-bond donors (Lipinski definition) is 2. The molecule has 0 aromatic heterocycles. The van der Waals surface area contributed by atoms with Crippen LogP contribution in [0.25, 0.3) is 0 Å². The van der Waals surface area contributed by atoms with Gasteiger partial charge in [0, 0.05) is 0 Å². The molecule has 0 spiro atoms. The summed E-state index contributed by atoms with van der Waals surface area (Å²) in [5, 5.41) is 17.4. The lowest BCUT2D eigenvalue weighted by Crippen LogP contribution is -2.07. The molecule has 22 heavy (non-hydrogen) atoms. The number of rotatable bonds is 5. The number of hydrogen-bond acceptors (Lipinski definition) is 4. The average Bonchev–Trinajstić information content (AvgIpc) is 2.46. The first-order chi connectivity index (χ1) is 10.6. The van der Waals surface area contributed by atoms with E-state index >= 15 is 0 Å². The lowest BCUT2D eigenvalue weighted by molar-refractivity contribution is 0.142. The summed E-state index contributed by atoms with van der Waals surface area (Å²) in [4.78, 5) is 21.3. The predicted octanol–water partition coefficient (Wildman–Crippen LogP) is 3.59. The van der Waals surface area contributed by atoms with Gasteiger partial charge >= 0.3 is 12.3 Å². The van der Waals surface area contributed by atoms with Crippen molar-refractivity contribution in [2.75, 3.05) is 0 Å². The maximum absolute atomic E-state index is 10.7. The third kappa shape index (κ3) is 4.24. The molecule has 6 heteroatoms. The minimum atomic E-state index is -1.37. The number of para-hydroxylation sites is 2. The molecule has 0 radical (unpaired) electrons. The highest BCUT2D eigenvalue weighted by Crippen LogP contribution is 2.24. The number of carbonyl (C=O) groups is 2. The van der Waals surface area contributed by atoms with E-state index in [2.05, 4.69) is 0 Å². The van der Waals surface area contributed by atoms with Crippen LogP contribution in [0.5, 0.6) is 11.5 Å². The van der Waals surface area contributed by atoms with Gasteiger partial charge in [0.25, 0.3) is 0 Å². The van der Waals surface area contributed by atoms with Crippen molar-refractivity contribution in [2.24, 2.45) is 0 Å². The summed E-state index contributed by atoms with van der Waals surface area (Å²) in [6.45, 7) is 0. The molecule has 0 amide bonds. The molecule has 2 aromatic rings. The standard InChI is InChI=1S/C16H14O6/c17-15(18)21-13-7-3-1-5-11(13)9-10-12-6-2-4-8-14(12)22-16(19)20/h1-8H,9-10H2,(H,17,18)(H,19,20). The first-order valence-corrected chi connectivity index (χ1v) is 6.53. The van der Waals surface area contributed by atoms with Gasteiger partial charge in [0.1, 0.15) is 11.5 Å². The molecule has 0 aliphatic carbocycles. The topological polar surface area (TPSA) is 93.1 Å². The smallest absolute Gasteiger partial charge is 0.449 e. The maximum Gasteiger partial charge on any atom is 0.511 e. The molecule has 2 aromatic carbocycles. The van der Waals surface area contributed by atoms with E-state index < -0.39 is 12.3 Å². The van der Waals surface area contributed by atoms with Crippen molar-refractivity contribution in [3.63, 3.8) is 0 Å². The first kappa shape index (κ1) is 15.4. The maximum atomic E-state index is 10.7. The SMILES string of the molecule is O=C(O)Oc1ccccc1CCc1ccccc1OC(=O)O. The molecule has 0 fully saturated rings. The molecule has 0 bridgehead atoms. The Morgan fingerprint density at radius 3 is 1.45 bits per heavy atom. The zero-order valence-corrected chi connectivity index (χ0v) is 11.6. The van der Waals surface area contributed by atoms with Gasteiger partial charge in [0.2, 0.25) is 0 Å². The van der Waals surface area contributed by atoms with Crippen molar-refractivity contribution >= 4 is 12.3 Å². The van der Waals surface area contributed by atoms with Crippen molar-refractivity contribution in [3.05, 3.63) is 59.7 Å². The summed E-state index contributed by atoms with van der Waals surface area (Å²) in [5.74, 6) is 0.540. The van der Waals surface area contributed by atoms with Gasteiger partial charge in [-0.3, -0.25) is 0 Å². The molecule has 114 valence electrons. The second-order valence-electron chi connectivity index (χ2n) is 4.45. The third-order valence-corrected chi connectivity index (χ3v) is 3.00. The Morgan fingerprint density at radius 2 is 1.09 bits per heavy atom. The fraction of sp³-hybridized carbons (Fsp3) is 0.125. The summed E-state index contributed by atoms with van der Waals surface area (Å²) in [5.41, 5.74) is 1.44. The largest absolute Gasteiger partial charge is 0.511 e. The van der Waals surface area contributed by atoms with Crippen LogP contribution in [0, 0.1) is 0 Å². The van der Waals surface area contributed by atoms with Gasteiger partial charge in [-0.05, 0) is 36.1 Å². The fourth-order valence-corrected chi connectivity index (χ4v) is 2.08. The Kier molecular flexibility index (Phi) is 4.98. The molecular formula is C16H14O6. The highest BCUT2D eigenvalue weighted by Gasteiger charge is 2.10. The molecule has 0 aliphatic heterocycles. The molecule has 0 heterocycles. The highest BCUT2D eigenvalue weighted by molar-refractivity contribution is 5.62. The zero-order chi connectivity index (χ0) is 15.9. The van der Waals surface area contributed by atoms with Crippen molar-refractivity contribution in [1.29, 1.82) is 0 Å². The summed E-state index contributed by atoms with van der Waals surface area (Å²) in [6.07, 6.45) is -1.77. The van der Waals surface area contributed by atoms with E-state index in [1.165, 1.54) is 0 Å². The lowest BCUT2D eigenvalue weighted by atomic mass is 10.0. The van der Waals surface area contributed by atoms with Crippen LogP contribution in [0.3, 0.4) is 0 Å². The first-order valence-electron chi connectivity index (χ1n) is 6.53. The zero-order valence-electron chi connectivity index (χ0n) is 11.6. The second-order valence-corrected chi connectivity index (χ2v) is 4.45. The minimum Gasteiger partial charge on any atom is -0.449 e. The Hall–Kier alpha value is -3.02. The minimum absolute atomic E-state index is 0.270. The van der Waals surface area contributed by atoms with Gasteiger partial charge in [0.15, 0.2) is 0 Å². The van der Waals surface area contributed by atoms with Crippen LogP contribution in [0.2, 0.25) is 0 Å². The van der Waals surface area contributed by atoms with Gasteiger partial charge in [-0.1, -0.05) is 36.4 Å². The fourth-order valence-electron chi connectivity index (χ4n) is 2.08. The Labute approximate surface area is 126 Å². The van der Waals surface area contributed by atoms with Crippen molar-refractivity contribution in [1.82, 2.24) is 0 Å². The monoisotopic (exact) mass is 302 g/mol. The third-order valence-electron chi connectivity index (χ3n) is 3.00. The van der Waals surface area contributed by atoms with Gasteiger partial charge in [-0.2, -0.15) is 0 Å². The van der Waals surface area contributed by atoms with Crippen molar-refractivity contribution < 1.29 is 29.3 Å². The number of carboxylic acid groups (broad SMARTS) is 2. The van der Waals surface area contributed by atoms with E-state index in [-0.39, 0.29) is 11.5 Å². The number of benzene rings is 2. The molecule has 2 N–H and O–H groups in total. The van der Waals surface area contributed by atoms with Crippen LogP contribution >= 0.6 is 0 Å². The van der Waals surface area contributed by atoms with Crippen LogP contribution in [-0.2, 0) is 12.8 Å². The summed E-state index contributed by atoms with van der Waals surface area (Å²) in [7, 11) is 0. The van der Waals surface area contributed by atoms with E-state index in [0.29, 0.717) is 12.8 Å².